The van der Waals surface area contributed by atoms with E-state index in [9.17, 15) is 4.79 Å². The van der Waals surface area contributed by atoms with Crippen LogP contribution in [0.5, 0.6) is 0 Å². The van der Waals surface area contributed by atoms with Crippen LogP contribution in [-0.4, -0.2) is 11.7 Å². The largest absolute Gasteiger partial charge is 0.387 e. The van der Waals surface area contributed by atoms with Crippen molar-refractivity contribution in [2.45, 2.75) is 32.7 Å². The van der Waals surface area contributed by atoms with Crippen LogP contribution >= 0.6 is 0 Å². The maximum absolute atomic E-state index is 12.0. The van der Waals surface area contributed by atoms with E-state index in [4.69, 9.17) is 11.1 Å². The fraction of sp³-hybridized carbons (Fsp3) is 0.429. The molecule has 0 spiro atoms. The van der Waals surface area contributed by atoms with E-state index in [1.165, 1.54) is 0 Å². The second kappa shape index (κ2) is 6.79. The minimum atomic E-state index is -0.525. The minimum absolute atomic E-state index is 0.0212. The Morgan fingerprint density at radius 1 is 1.28 bits per heavy atom. The summed E-state index contributed by atoms with van der Waals surface area (Å²) >= 11 is 0. The third kappa shape index (κ3) is 3.58. The Kier molecular flexibility index (Phi) is 5.36. The molecule has 4 heteroatoms. The highest BCUT2D eigenvalue weighted by atomic mass is 16.2. The number of nitrogens with two attached hydrogens (primary N) is 1. The smallest absolute Gasteiger partial charge is 0.231 e. The second-order valence-electron chi connectivity index (χ2n) is 4.30. The zero-order valence-electron chi connectivity index (χ0n) is 10.9. The number of amidine groups is 1. The summed E-state index contributed by atoms with van der Waals surface area (Å²) in [5.74, 6) is -0.763. The van der Waals surface area contributed by atoms with Crippen LogP contribution in [-0.2, 0) is 4.79 Å². The van der Waals surface area contributed by atoms with Gasteiger partial charge >= 0.3 is 0 Å². The molecule has 98 valence electrons. The molecule has 0 heterocycles. The molecular weight excluding hydrogens is 226 g/mol. The van der Waals surface area contributed by atoms with Gasteiger partial charge in [0, 0.05) is 0 Å². The molecule has 0 aliphatic heterocycles. The average molecular weight is 247 g/mol. The molecule has 2 atom stereocenters. The van der Waals surface area contributed by atoms with E-state index in [1.54, 1.807) is 0 Å². The van der Waals surface area contributed by atoms with Crippen molar-refractivity contribution in [1.82, 2.24) is 5.32 Å². The Hall–Kier alpha value is -1.84. The Bertz CT molecular complexity index is 403. The first-order valence-corrected chi connectivity index (χ1v) is 6.29. The van der Waals surface area contributed by atoms with Gasteiger partial charge in [0.1, 0.15) is 5.84 Å². The van der Waals surface area contributed by atoms with Gasteiger partial charge in [-0.05, 0) is 18.4 Å². The molecule has 4 nitrogen and oxygen atoms in total. The molecule has 0 aliphatic rings. The number of carbonyl (C=O) groups is 1. The monoisotopic (exact) mass is 247 g/mol. The quantitative estimate of drug-likeness (QED) is 0.532. The summed E-state index contributed by atoms with van der Waals surface area (Å²) in [6, 6.07) is 9.81. The summed E-state index contributed by atoms with van der Waals surface area (Å²) in [7, 11) is 0. The summed E-state index contributed by atoms with van der Waals surface area (Å²) in [6.07, 6.45) is 1.36. The fourth-order valence-corrected chi connectivity index (χ4v) is 1.93. The van der Waals surface area contributed by atoms with Gasteiger partial charge in [-0.15, -0.1) is 0 Å². The Balaban J connectivity index is 2.75. The SMILES string of the molecule is CC[C@H](C(=N)N)C(=O)N[C@@H](CC)c1ccccc1. The van der Waals surface area contributed by atoms with Crippen LogP contribution < -0.4 is 11.1 Å². The summed E-state index contributed by atoms with van der Waals surface area (Å²) in [5.41, 5.74) is 6.50. The summed E-state index contributed by atoms with van der Waals surface area (Å²) < 4.78 is 0. The highest BCUT2D eigenvalue weighted by Gasteiger charge is 2.22. The topological polar surface area (TPSA) is 79.0 Å². The van der Waals surface area contributed by atoms with Crippen molar-refractivity contribution in [3.63, 3.8) is 0 Å². The number of carbonyl (C=O) groups excluding carboxylic acids is 1. The van der Waals surface area contributed by atoms with E-state index in [-0.39, 0.29) is 17.8 Å². The van der Waals surface area contributed by atoms with Crippen LogP contribution in [0.3, 0.4) is 0 Å². The minimum Gasteiger partial charge on any atom is -0.387 e. The predicted molar refractivity (Wildman–Crippen MR) is 73.3 cm³/mol. The van der Waals surface area contributed by atoms with Gasteiger partial charge in [0.15, 0.2) is 0 Å². The van der Waals surface area contributed by atoms with Crippen molar-refractivity contribution in [1.29, 1.82) is 5.41 Å². The molecule has 1 aromatic rings. The number of benzene rings is 1. The lowest BCUT2D eigenvalue weighted by atomic mass is 10.0. The Morgan fingerprint density at radius 3 is 2.33 bits per heavy atom. The third-order valence-electron chi connectivity index (χ3n) is 3.03. The average Bonchev–Trinajstić information content (AvgIpc) is 2.37. The molecule has 0 aromatic heterocycles. The zero-order valence-corrected chi connectivity index (χ0v) is 10.9. The molecule has 1 aromatic carbocycles. The maximum atomic E-state index is 12.0. The number of nitrogens with one attached hydrogen (secondary N) is 2. The molecular formula is C14H21N3O. The van der Waals surface area contributed by atoms with Crippen molar-refractivity contribution in [3.05, 3.63) is 35.9 Å². The van der Waals surface area contributed by atoms with Crippen LogP contribution in [0, 0.1) is 11.3 Å². The van der Waals surface area contributed by atoms with E-state index in [0.717, 1.165) is 12.0 Å². The third-order valence-corrected chi connectivity index (χ3v) is 3.03. The summed E-state index contributed by atoms with van der Waals surface area (Å²) in [4.78, 5) is 12.0. The molecule has 0 radical (unpaired) electrons. The van der Waals surface area contributed by atoms with Gasteiger partial charge in [-0.25, -0.2) is 0 Å². The molecule has 0 saturated carbocycles. The van der Waals surface area contributed by atoms with Gasteiger partial charge in [-0.2, -0.15) is 0 Å². The van der Waals surface area contributed by atoms with Gasteiger partial charge in [-0.1, -0.05) is 44.2 Å². The van der Waals surface area contributed by atoms with Crippen molar-refractivity contribution in [2.24, 2.45) is 11.7 Å². The van der Waals surface area contributed by atoms with Crippen LogP contribution in [0.4, 0.5) is 0 Å². The normalized spacial score (nSPS) is 13.7. The number of hydrogen-bond acceptors (Lipinski definition) is 2. The van der Waals surface area contributed by atoms with E-state index in [2.05, 4.69) is 5.32 Å². The van der Waals surface area contributed by atoms with Gasteiger partial charge in [0.2, 0.25) is 5.91 Å². The maximum Gasteiger partial charge on any atom is 0.231 e. The molecule has 0 bridgehead atoms. The van der Waals surface area contributed by atoms with E-state index in [1.807, 2.05) is 44.2 Å². The molecule has 18 heavy (non-hydrogen) atoms. The Morgan fingerprint density at radius 2 is 1.89 bits per heavy atom. The van der Waals surface area contributed by atoms with Crippen molar-refractivity contribution < 1.29 is 4.79 Å². The van der Waals surface area contributed by atoms with Crippen LogP contribution in [0.25, 0.3) is 0 Å². The highest BCUT2D eigenvalue weighted by Crippen LogP contribution is 2.17. The summed E-state index contributed by atoms with van der Waals surface area (Å²) in [5, 5.41) is 10.4. The van der Waals surface area contributed by atoms with E-state index in [0.29, 0.717) is 6.42 Å². The van der Waals surface area contributed by atoms with E-state index >= 15 is 0 Å². The molecule has 0 unspecified atom stereocenters. The van der Waals surface area contributed by atoms with Gasteiger partial charge in [0.05, 0.1) is 12.0 Å². The first-order valence-electron chi connectivity index (χ1n) is 6.29. The van der Waals surface area contributed by atoms with Crippen LogP contribution in [0.15, 0.2) is 30.3 Å². The van der Waals surface area contributed by atoms with Crippen LogP contribution in [0.1, 0.15) is 38.3 Å². The predicted octanol–water partition coefficient (Wildman–Crippen LogP) is 2.22. The lowest BCUT2D eigenvalue weighted by Crippen LogP contribution is -2.39. The van der Waals surface area contributed by atoms with Crippen molar-refractivity contribution >= 4 is 11.7 Å². The molecule has 0 aliphatic carbocycles. The second-order valence-corrected chi connectivity index (χ2v) is 4.30. The molecule has 0 saturated heterocycles. The fourth-order valence-electron chi connectivity index (χ4n) is 1.93. The lowest BCUT2D eigenvalue weighted by Gasteiger charge is -2.21. The number of amides is 1. The van der Waals surface area contributed by atoms with Crippen molar-refractivity contribution in [3.8, 4) is 0 Å². The van der Waals surface area contributed by atoms with Crippen molar-refractivity contribution in [2.75, 3.05) is 0 Å². The first-order chi connectivity index (χ1) is 8.60. The van der Waals surface area contributed by atoms with Gasteiger partial charge in [0.25, 0.3) is 0 Å². The van der Waals surface area contributed by atoms with Gasteiger partial charge < -0.3 is 11.1 Å². The molecule has 4 N–H and O–H groups in total. The number of rotatable bonds is 6. The molecule has 1 amide bonds. The molecule has 0 fully saturated rings. The van der Waals surface area contributed by atoms with Crippen LogP contribution in [0.2, 0.25) is 0 Å². The molecule has 1 rings (SSSR count). The lowest BCUT2D eigenvalue weighted by molar-refractivity contribution is -0.123. The zero-order chi connectivity index (χ0) is 13.5. The highest BCUT2D eigenvalue weighted by molar-refractivity contribution is 6.00. The van der Waals surface area contributed by atoms with Gasteiger partial charge in [-0.3, -0.25) is 10.2 Å². The van der Waals surface area contributed by atoms with E-state index < -0.39 is 5.92 Å². The number of hydrogen-bond donors (Lipinski definition) is 3. The first kappa shape index (κ1) is 14.2. The standard InChI is InChI=1S/C14H21N3O/c1-3-11(13(15)16)14(18)17-12(4-2)10-8-6-5-7-9-10/h5-9,11-12H,3-4H2,1-2H3,(H3,15,16)(H,17,18)/t11-,12+/m1/s1. The summed E-state index contributed by atoms with van der Waals surface area (Å²) in [6.45, 7) is 3.88. The Labute approximate surface area is 108 Å².